The third-order valence-corrected chi connectivity index (χ3v) is 5.73. The van der Waals surface area contributed by atoms with E-state index in [1.54, 1.807) is 24.3 Å². The lowest BCUT2D eigenvalue weighted by molar-refractivity contribution is 0.413. The third-order valence-electron chi connectivity index (χ3n) is 3.84. The molecule has 0 spiro atoms. The van der Waals surface area contributed by atoms with Crippen LogP contribution in [0.4, 0.5) is 14.5 Å². The maximum Gasteiger partial charge on any atom is 0.263 e. The molecule has 0 bridgehead atoms. The van der Waals surface area contributed by atoms with Crippen molar-refractivity contribution in [2.45, 2.75) is 4.90 Å². The predicted molar refractivity (Wildman–Crippen MR) is 108 cm³/mol. The number of rotatable bonds is 4. The Morgan fingerprint density at radius 3 is 2.17 bits per heavy atom. The fraction of sp³-hybridized carbons (Fsp3) is 0.0476. The van der Waals surface area contributed by atoms with E-state index in [0.29, 0.717) is 5.56 Å². The molecule has 4 nitrogen and oxygen atoms in total. The Bertz CT molecular complexity index is 1200. The van der Waals surface area contributed by atoms with Crippen molar-refractivity contribution in [1.82, 2.24) is 0 Å². The molecule has 0 aliphatic rings. The third kappa shape index (κ3) is 4.67. The van der Waals surface area contributed by atoms with E-state index in [0.717, 1.165) is 12.1 Å². The van der Waals surface area contributed by atoms with Crippen molar-refractivity contribution >= 4 is 27.3 Å². The van der Waals surface area contributed by atoms with Crippen molar-refractivity contribution in [3.05, 3.63) is 88.4 Å². The average molecular weight is 434 g/mol. The van der Waals surface area contributed by atoms with Crippen LogP contribution in [0.5, 0.6) is 5.75 Å². The monoisotopic (exact) mass is 433 g/mol. The molecule has 3 rings (SSSR count). The smallest absolute Gasteiger partial charge is 0.263 e. The Morgan fingerprint density at radius 1 is 0.931 bits per heavy atom. The highest BCUT2D eigenvalue weighted by atomic mass is 35.5. The molecule has 0 heterocycles. The van der Waals surface area contributed by atoms with Gasteiger partial charge in [-0.2, -0.15) is 0 Å². The van der Waals surface area contributed by atoms with Crippen LogP contribution < -0.4 is 9.46 Å². The maximum atomic E-state index is 14.4. The van der Waals surface area contributed by atoms with Gasteiger partial charge in [-0.25, -0.2) is 17.2 Å². The Morgan fingerprint density at radius 2 is 1.55 bits per heavy atom. The van der Waals surface area contributed by atoms with Crippen molar-refractivity contribution < 1.29 is 21.9 Å². The summed E-state index contributed by atoms with van der Waals surface area (Å²) in [5, 5.41) is -0.200. The normalized spacial score (nSPS) is 10.8. The molecule has 3 aromatic rings. The number of ether oxygens (including phenoxy) is 1. The summed E-state index contributed by atoms with van der Waals surface area (Å²) in [6, 6.07) is 14.8. The quantitative estimate of drug-likeness (QED) is 0.600. The van der Waals surface area contributed by atoms with Crippen molar-refractivity contribution in [3.63, 3.8) is 0 Å². The summed E-state index contributed by atoms with van der Waals surface area (Å²) in [5.74, 6) is 3.32. The standard InChI is InChI=1S/C21H14ClF2NO3S/c1-28-18-8-5-9-19(20(18)22)29(26,27)25-21-16(23)12-15(13-17(21)24)11-10-14-6-3-2-4-7-14/h2-9,12-13,25H,1H3. The van der Waals surface area contributed by atoms with Gasteiger partial charge in [-0.05, 0) is 36.4 Å². The van der Waals surface area contributed by atoms with Crippen LogP contribution in [0, 0.1) is 23.5 Å². The molecule has 0 radical (unpaired) electrons. The molecule has 0 aliphatic carbocycles. The number of halogens is 3. The largest absolute Gasteiger partial charge is 0.495 e. The Kier molecular flexibility index (Phi) is 6.06. The van der Waals surface area contributed by atoms with E-state index >= 15 is 0 Å². The van der Waals surface area contributed by atoms with Gasteiger partial charge in [0.05, 0.1) is 7.11 Å². The van der Waals surface area contributed by atoms with Gasteiger partial charge in [0.25, 0.3) is 10.0 Å². The second kappa shape index (κ2) is 8.52. The van der Waals surface area contributed by atoms with Crippen molar-refractivity contribution in [3.8, 4) is 17.6 Å². The van der Waals surface area contributed by atoms with Gasteiger partial charge in [0.1, 0.15) is 21.4 Å². The molecule has 148 valence electrons. The van der Waals surface area contributed by atoms with E-state index in [2.05, 4.69) is 11.8 Å². The minimum atomic E-state index is -4.37. The maximum absolute atomic E-state index is 14.4. The summed E-state index contributed by atoms with van der Waals surface area (Å²) in [5.41, 5.74) is -0.0916. The van der Waals surface area contributed by atoms with Gasteiger partial charge >= 0.3 is 0 Å². The average Bonchev–Trinajstić information content (AvgIpc) is 2.70. The number of hydrogen-bond acceptors (Lipinski definition) is 3. The molecule has 8 heteroatoms. The van der Waals surface area contributed by atoms with Gasteiger partial charge in [-0.1, -0.05) is 47.7 Å². The van der Waals surface area contributed by atoms with Gasteiger partial charge in [0.15, 0.2) is 11.6 Å². The zero-order valence-electron chi connectivity index (χ0n) is 15.0. The molecule has 0 amide bonds. The highest BCUT2D eigenvalue weighted by Crippen LogP contribution is 2.33. The molecule has 0 unspecified atom stereocenters. The van der Waals surface area contributed by atoms with Crippen LogP contribution in [0.3, 0.4) is 0 Å². The van der Waals surface area contributed by atoms with Gasteiger partial charge in [0, 0.05) is 11.1 Å². The summed E-state index contributed by atoms with van der Waals surface area (Å²) in [6.45, 7) is 0. The molecule has 0 aliphatic heterocycles. The first-order valence-electron chi connectivity index (χ1n) is 8.23. The molecule has 29 heavy (non-hydrogen) atoms. The van der Waals surface area contributed by atoms with Gasteiger partial charge < -0.3 is 4.74 Å². The zero-order chi connectivity index (χ0) is 21.0. The topological polar surface area (TPSA) is 55.4 Å². The van der Waals surface area contributed by atoms with E-state index < -0.39 is 27.3 Å². The Balaban J connectivity index is 1.93. The first kappa shape index (κ1) is 20.6. The number of hydrogen-bond donors (Lipinski definition) is 1. The molecule has 3 aromatic carbocycles. The highest BCUT2D eigenvalue weighted by molar-refractivity contribution is 7.92. The van der Waals surface area contributed by atoms with Crippen LogP contribution in [0.1, 0.15) is 11.1 Å². The first-order valence-corrected chi connectivity index (χ1v) is 10.1. The number of sulfonamides is 1. The van der Waals surface area contributed by atoms with E-state index in [-0.39, 0.29) is 21.2 Å². The van der Waals surface area contributed by atoms with E-state index in [9.17, 15) is 17.2 Å². The summed E-state index contributed by atoms with van der Waals surface area (Å²) < 4.78 is 60.9. The van der Waals surface area contributed by atoms with Gasteiger partial charge in [-0.15, -0.1) is 0 Å². The lowest BCUT2D eigenvalue weighted by atomic mass is 10.1. The minimum absolute atomic E-state index is 0.0613. The number of methoxy groups -OCH3 is 1. The summed E-state index contributed by atoms with van der Waals surface area (Å²) in [4.78, 5) is -0.370. The van der Waals surface area contributed by atoms with Crippen LogP contribution >= 0.6 is 11.6 Å². The second-order valence-corrected chi connectivity index (χ2v) is 7.84. The molecule has 1 N–H and O–H groups in total. The van der Waals surface area contributed by atoms with E-state index in [1.165, 1.54) is 25.3 Å². The SMILES string of the molecule is COc1cccc(S(=O)(=O)Nc2c(F)cc(C#Cc3ccccc3)cc2F)c1Cl. The molecule has 0 fully saturated rings. The number of benzene rings is 3. The lowest BCUT2D eigenvalue weighted by Crippen LogP contribution is -2.16. The number of nitrogens with one attached hydrogen (secondary N) is 1. The Labute approximate surface area is 172 Å². The second-order valence-electron chi connectivity index (χ2n) is 5.81. The molecular formula is C21H14ClF2NO3S. The molecule has 0 saturated carbocycles. The number of anilines is 1. The van der Waals surface area contributed by atoms with Crippen LogP contribution in [0.2, 0.25) is 5.02 Å². The minimum Gasteiger partial charge on any atom is -0.495 e. The van der Waals surface area contributed by atoms with E-state index in [1.807, 2.05) is 10.8 Å². The van der Waals surface area contributed by atoms with Gasteiger partial charge in [-0.3, -0.25) is 4.72 Å². The Hall–Kier alpha value is -3.08. The summed E-state index contributed by atoms with van der Waals surface area (Å²) >= 11 is 6.01. The first-order chi connectivity index (χ1) is 13.8. The predicted octanol–water partition coefficient (Wildman–Crippen LogP) is 4.83. The molecule has 0 saturated heterocycles. The fourth-order valence-corrected chi connectivity index (χ4v) is 4.13. The van der Waals surface area contributed by atoms with Crippen LogP contribution in [-0.2, 0) is 10.0 Å². The van der Waals surface area contributed by atoms with Crippen LogP contribution in [0.15, 0.2) is 65.6 Å². The summed E-state index contributed by atoms with van der Waals surface area (Å²) in [6.07, 6.45) is 0. The van der Waals surface area contributed by atoms with Crippen LogP contribution in [0.25, 0.3) is 0 Å². The van der Waals surface area contributed by atoms with Gasteiger partial charge in [0.2, 0.25) is 0 Å². The molecule has 0 aromatic heterocycles. The van der Waals surface area contributed by atoms with E-state index in [4.69, 9.17) is 16.3 Å². The van der Waals surface area contributed by atoms with Crippen molar-refractivity contribution in [2.75, 3.05) is 11.8 Å². The van der Waals surface area contributed by atoms with Crippen molar-refractivity contribution in [1.29, 1.82) is 0 Å². The van der Waals surface area contributed by atoms with Crippen molar-refractivity contribution in [2.24, 2.45) is 0 Å². The highest BCUT2D eigenvalue weighted by Gasteiger charge is 2.24. The lowest BCUT2D eigenvalue weighted by Gasteiger charge is -2.13. The fourth-order valence-electron chi connectivity index (χ4n) is 2.45. The van der Waals surface area contributed by atoms with Crippen LogP contribution in [-0.4, -0.2) is 15.5 Å². The molecule has 0 atom stereocenters. The molecular weight excluding hydrogens is 420 g/mol. The summed E-state index contributed by atoms with van der Waals surface area (Å²) in [7, 11) is -3.05. The zero-order valence-corrected chi connectivity index (χ0v) is 16.6.